The molecule has 1 fully saturated rings. The molecule has 0 spiro atoms. The Morgan fingerprint density at radius 3 is 2.20 bits per heavy atom. The summed E-state index contributed by atoms with van der Waals surface area (Å²) in [6.45, 7) is 1.88. The van der Waals surface area contributed by atoms with E-state index in [0.29, 0.717) is 16.5 Å². The van der Waals surface area contributed by atoms with Crippen LogP contribution in [0.4, 0.5) is 0 Å². The lowest BCUT2D eigenvalue weighted by Crippen LogP contribution is -2.30. The fraction of sp³-hybridized carbons (Fsp3) is 0.273. The van der Waals surface area contributed by atoms with Crippen LogP contribution in [0, 0.1) is 12.3 Å². The van der Waals surface area contributed by atoms with Crippen molar-refractivity contribution in [2.24, 2.45) is 5.41 Å². The Morgan fingerprint density at radius 1 is 1.00 bits per heavy atom. The fourth-order valence-electron chi connectivity index (χ4n) is 4.01. The second-order valence-corrected chi connectivity index (χ2v) is 9.24. The molecule has 1 aliphatic rings. The Bertz CT molecular complexity index is 1240. The molecule has 0 aliphatic heterocycles. The van der Waals surface area contributed by atoms with Crippen LogP contribution in [0.1, 0.15) is 23.5 Å². The van der Waals surface area contributed by atoms with Crippen LogP contribution in [0.2, 0.25) is 0 Å². The highest BCUT2D eigenvalue weighted by Gasteiger charge is 2.69. The number of fused-ring (bicyclic) bond motifs is 1. The summed E-state index contributed by atoms with van der Waals surface area (Å²) in [5.74, 6) is -1.90. The van der Waals surface area contributed by atoms with Gasteiger partial charge >= 0.3 is 11.9 Å². The molecule has 1 unspecified atom stereocenters. The van der Waals surface area contributed by atoms with Crippen molar-refractivity contribution in [3.63, 3.8) is 0 Å². The number of methoxy groups -OCH3 is 2. The van der Waals surface area contributed by atoms with E-state index in [1.165, 1.54) is 24.4 Å². The summed E-state index contributed by atoms with van der Waals surface area (Å²) in [4.78, 5) is 25.0. The summed E-state index contributed by atoms with van der Waals surface area (Å²) >= 11 is 0. The lowest BCUT2D eigenvalue weighted by Gasteiger charge is -2.12. The molecule has 3 aromatic rings. The number of hydrogen-bond donors (Lipinski definition) is 0. The Labute approximate surface area is 174 Å². The molecular formula is C22H21NO6S. The number of ether oxygens (including phenoxy) is 2. The van der Waals surface area contributed by atoms with Gasteiger partial charge in [-0.15, -0.1) is 0 Å². The summed E-state index contributed by atoms with van der Waals surface area (Å²) in [5.41, 5.74) is 0.568. The first kappa shape index (κ1) is 20.2. The standard InChI is InChI=1S/C22H21NO6S/c1-14-8-10-15(11-9-14)30(26,27)23-13-17(16-6-4-5-7-19(16)23)18-12-22(18,20(24)28-2)21(25)29-3/h4-11,13,18H,12H2,1-3H3. The smallest absolute Gasteiger partial charge is 0.323 e. The number of hydrogen-bond acceptors (Lipinski definition) is 6. The van der Waals surface area contributed by atoms with Gasteiger partial charge in [0.15, 0.2) is 5.41 Å². The highest BCUT2D eigenvalue weighted by Crippen LogP contribution is 2.62. The molecule has 1 aliphatic carbocycles. The van der Waals surface area contributed by atoms with Crippen LogP contribution in [0.3, 0.4) is 0 Å². The lowest BCUT2D eigenvalue weighted by molar-refractivity contribution is -0.161. The van der Waals surface area contributed by atoms with E-state index in [4.69, 9.17) is 9.47 Å². The normalized spacial score (nSPS) is 17.5. The number of aromatic nitrogens is 1. The molecule has 1 saturated carbocycles. The third-order valence-corrected chi connectivity index (χ3v) is 7.41. The molecule has 4 rings (SSSR count). The predicted octanol–water partition coefficient (Wildman–Crippen LogP) is 3.01. The molecule has 0 amide bonds. The summed E-state index contributed by atoms with van der Waals surface area (Å²) in [6.07, 6.45) is 1.70. The van der Waals surface area contributed by atoms with E-state index in [-0.39, 0.29) is 11.3 Å². The zero-order valence-electron chi connectivity index (χ0n) is 16.8. The van der Waals surface area contributed by atoms with Crippen LogP contribution in [0.5, 0.6) is 0 Å². The van der Waals surface area contributed by atoms with Crippen LogP contribution in [-0.4, -0.2) is 38.5 Å². The van der Waals surface area contributed by atoms with E-state index >= 15 is 0 Å². The largest absolute Gasteiger partial charge is 0.468 e. The Morgan fingerprint density at radius 2 is 1.60 bits per heavy atom. The lowest BCUT2D eigenvalue weighted by atomic mass is 9.99. The second kappa shape index (κ2) is 6.98. The summed E-state index contributed by atoms with van der Waals surface area (Å²) in [6, 6.07) is 13.6. The number of benzene rings is 2. The maximum atomic E-state index is 13.3. The van der Waals surface area contributed by atoms with Crippen LogP contribution in [-0.2, 0) is 29.1 Å². The molecule has 30 heavy (non-hydrogen) atoms. The molecule has 0 saturated heterocycles. The van der Waals surface area contributed by atoms with Gasteiger partial charge in [0.2, 0.25) is 0 Å². The van der Waals surface area contributed by atoms with E-state index in [1.807, 2.05) is 6.92 Å². The molecule has 0 N–H and O–H groups in total. The SMILES string of the molecule is COC(=O)C1(C(=O)OC)CC1c1cn(S(=O)(=O)c2ccc(C)cc2)c2ccccc12. The molecule has 2 aromatic carbocycles. The summed E-state index contributed by atoms with van der Waals surface area (Å²) < 4.78 is 37.6. The number of aryl methyl sites for hydroxylation is 1. The third kappa shape index (κ3) is 2.82. The number of carbonyl (C=O) groups excluding carboxylic acids is 2. The van der Waals surface area contributed by atoms with E-state index in [0.717, 1.165) is 5.56 Å². The maximum absolute atomic E-state index is 13.3. The average molecular weight is 427 g/mol. The third-order valence-electron chi connectivity index (χ3n) is 5.72. The van der Waals surface area contributed by atoms with Gasteiger partial charge in [0, 0.05) is 17.5 Å². The number of carbonyl (C=O) groups is 2. The Hall–Kier alpha value is -3.13. The van der Waals surface area contributed by atoms with Crippen molar-refractivity contribution in [1.29, 1.82) is 0 Å². The van der Waals surface area contributed by atoms with Gasteiger partial charge in [0.25, 0.3) is 10.0 Å². The molecular weight excluding hydrogens is 406 g/mol. The maximum Gasteiger partial charge on any atom is 0.323 e. The van der Waals surface area contributed by atoms with Crippen molar-refractivity contribution in [3.05, 3.63) is 65.9 Å². The molecule has 0 bridgehead atoms. The molecule has 7 nitrogen and oxygen atoms in total. The van der Waals surface area contributed by atoms with E-state index in [9.17, 15) is 18.0 Å². The zero-order chi connectivity index (χ0) is 21.7. The minimum absolute atomic E-state index is 0.156. The Balaban J connectivity index is 1.88. The van der Waals surface area contributed by atoms with Gasteiger partial charge in [0.1, 0.15) is 0 Å². The monoisotopic (exact) mass is 427 g/mol. The highest BCUT2D eigenvalue weighted by atomic mass is 32.2. The van der Waals surface area contributed by atoms with Gasteiger partial charge in [-0.1, -0.05) is 35.9 Å². The highest BCUT2D eigenvalue weighted by molar-refractivity contribution is 7.90. The topological polar surface area (TPSA) is 91.7 Å². The van der Waals surface area contributed by atoms with Crippen molar-refractivity contribution < 1.29 is 27.5 Å². The minimum atomic E-state index is -3.87. The van der Waals surface area contributed by atoms with Crippen molar-refractivity contribution in [3.8, 4) is 0 Å². The van der Waals surface area contributed by atoms with Gasteiger partial charge in [-0.2, -0.15) is 0 Å². The van der Waals surface area contributed by atoms with E-state index < -0.39 is 33.3 Å². The number of esters is 2. The van der Waals surface area contributed by atoms with Crippen molar-refractivity contribution in [1.82, 2.24) is 3.97 Å². The molecule has 1 aromatic heterocycles. The second-order valence-electron chi connectivity index (χ2n) is 7.43. The first-order valence-corrected chi connectivity index (χ1v) is 10.8. The van der Waals surface area contributed by atoms with Gasteiger partial charge in [-0.05, 0) is 37.1 Å². The van der Waals surface area contributed by atoms with Crippen LogP contribution in [0.15, 0.2) is 59.6 Å². The first-order valence-electron chi connectivity index (χ1n) is 9.36. The van der Waals surface area contributed by atoms with Gasteiger partial charge in [0.05, 0.1) is 24.6 Å². The quantitative estimate of drug-likeness (QED) is 0.459. The van der Waals surface area contributed by atoms with Crippen molar-refractivity contribution in [2.75, 3.05) is 14.2 Å². The zero-order valence-corrected chi connectivity index (χ0v) is 17.6. The number of nitrogens with zero attached hydrogens (tertiary/aromatic N) is 1. The van der Waals surface area contributed by atoms with Crippen LogP contribution in [0.25, 0.3) is 10.9 Å². The summed E-state index contributed by atoms with van der Waals surface area (Å²) in [7, 11) is -1.44. The van der Waals surface area contributed by atoms with Crippen molar-refractivity contribution in [2.45, 2.75) is 24.2 Å². The first-order chi connectivity index (χ1) is 14.3. The van der Waals surface area contributed by atoms with Gasteiger partial charge < -0.3 is 9.47 Å². The van der Waals surface area contributed by atoms with Crippen LogP contribution < -0.4 is 0 Å². The van der Waals surface area contributed by atoms with Crippen LogP contribution >= 0.6 is 0 Å². The number of para-hydroxylation sites is 1. The van der Waals surface area contributed by atoms with Gasteiger partial charge in [-0.3, -0.25) is 9.59 Å². The molecule has 156 valence electrons. The van der Waals surface area contributed by atoms with E-state index in [2.05, 4.69) is 0 Å². The molecule has 8 heteroatoms. The average Bonchev–Trinajstić information content (AvgIpc) is 3.38. The molecule has 1 heterocycles. The number of rotatable bonds is 5. The Kier molecular flexibility index (Phi) is 4.69. The molecule has 1 atom stereocenters. The van der Waals surface area contributed by atoms with Gasteiger partial charge in [-0.25, -0.2) is 12.4 Å². The summed E-state index contributed by atoms with van der Waals surface area (Å²) in [5, 5.41) is 0.660. The fourth-order valence-corrected chi connectivity index (χ4v) is 5.39. The predicted molar refractivity (Wildman–Crippen MR) is 110 cm³/mol. The minimum Gasteiger partial charge on any atom is -0.468 e. The van der Waals surface area contributed by atoms with Crippen molar-refractivity contribution >= 4 is 32.9 Å². The molecule has 0 radical (unpaired) electrons. The van der Waals surface area contributed by atoms with E-state index in [1.54, 1.807) is 48.5 Å².